The maximum atomic E-state index is 12.0. The molecule has 0 fully saturated rings. The molecule has 1 unspecified atom stereocenters. The van der Waals surface area contributed by atoms with Gasteiger partial charge in [-0.3, -0.25) is 0 Å². The topological polar surface area (TPSA) is 75.6 Å². The number of benzene rings is 1. The van der Waals surface area contributed by atoms with Gasteiger partial charge in [-0.1, -0.05) is 24.3 Å². The number of nitrogens with one attached hydrogen (secondary N) is 1. The van der Waals surface area contributed by atoms with Crippen molar-refractivity contribution >= 4 is 18.5 Å². The van der Waals surface area contributed by atoms with Crippen LogP contribution in [0.25, 0.3) is 0 Å². The summed E-state index contributed by atoms with van der Waals surface area (Å²) in [6.07, 6.45) is -0.0666. The molecule has 1 aromatic rings. The molecule has 0 saturated carbocycles. The van der Waals surface area contributed by atoms with Gasteiger partial charge in [-0.2, -0.15) is 0 Å². The van der Waals surface area contributed by atoms with Gasteiger partial charge in [0.1, 0.15) is 12.7 Å². The highest BCUT2D eigenvalue weighted by Crippen LogP contribution is 2.34. The predicted octanol–water partition coefficient (Wildman–Crippen LogP) is 2.36. The molecular formula is C16H26NO4P. The smallest absolute Gasteiger partial charge is 0.407 e. The Hall–Kier alpha value is -1.32. The molecule has 0 saturated heterocycles. The first-order chi connectivity index (χ1) is 10.0. The lowest BCUT2D eigenvalue weighted by Crippen LogP contribution is -2.42. The summed E-state index contributed by atoms with van der Waals surface area (Å²) in [6.45, 7) is 8.62. The molecule has 0 heterocycles. The van der Waals surface area contributed by atoms with Crippen molar-refractivity contribution in [2.75, 3.05) is 19.9 Å². The molecule has 0 spiro atoms. The Kier molecular flexibility index (Phi) is 6.21. The molecule has 124 valence electrons. The second-order valence-electron chi connectivity index (χ2n) is 6.75. The van der Waals surface area contributed by atoms with Crippen LogP contribution in [0.1, 0.15) is 26.3 Å². The van der Waals surface area contributed by atoms with Crippen LogP contribution in [0.5, 0.6) is 0 Å². The Morgan fingerprint density at radius 1 is 1.27 bits per heavy atom. The number of carbonyl (C=O) groups excluding carboxylic acids is 1. The molecule has 0 radical (unpaired) electrons. The first-order valence-electron chi connectivity index (χ1n) is 7.26. The minimum Gasteiger partial charge on any atom is -0.444 e. The fourth-order valence-corrected chi connectivity index (χ4v) is 2.78. The van der Waals surface area contributed by atoms with E-state index in [1.54, 1.807) is 34.1 Å². The van der Waals surface area contributed by atoms with Crippen molar-refractivity contribution < 1.29 is 19.2 Å². The standard InChI is InChI=1S/C16H26NO4P/c1-16(2,3)21-15(19)17-13(11-18)10-12-6-8-14(9-7-12)22(4,5)20/h6-9,13,18H,10-11H2,1-5H3,(H,17,19). The SMILES string of the molecule is CC(C)(C)OC(=O)NC(CO)Cc1ccc(P(C)(C)=O)cc1. The lowest BCUT2D eigenvalue weighted by molar-refractivity contribution is 0.0483. The third-order valence-electron chi connectivity index (χ3n) is 2.98. The van der Waals surface area contributed by atoms with Crippen LogP contribution in [-0.2, 0) is 15.7 Å². The lowest BCUT2D eigenvalue weighted by atomic mass is 10.1. The molecule has 0 aliphatic rings. The largest absolute Gasteiger partial charge is 0.444 e. The van der Waals surface area contributed by atoms with Crippen LogP contribution in [0.4, 0.5) is 4.79 Å². The number of carbonyl (C=O) groups is 1. The fourth-order valence-electron chi connectivity index (χ4n) is 1.91. The number of hydrogen-bond acceptors (Lipinski definition) is 4. The van der Waals surface area contributed by atoms with Gasteiger partial charge in [0.25, 0.3) is 0 Å². The van der Waals surface area contributed by atoms with Crippen molar-refractivity contribution in [2.24, 2.45) is 0 Å². The fraction of sp³-hybridized carbons (Fsp3) is 0.562. The van der Waals surface area contributed by atoms with Gasteiger partial charge < -0.3 is 19.7 Å². The molecule has 1 rings (SSSR count). The van der Waals surface area contributed by atoms with Crippen LogP contribution in [0.3, 0.4) is 0 Å². The molecule has 0 aliphatic carbocycles. The third-order valence-corrected chi connectivity index (χ3v) is 4.52. The summed E-state index contributed by atoms with van der Waals surface area (Å²) >= 11 is 0. The summed E-state index contributed by atoms with van der Waals surface area (Å²) in [6, 6.07) is 6.98. The molecule has 0 aromatic heterocycles. The highest BCUT2D eigenvalue weighted by molar-refractivity contribution is 7.70. The number of hydrogen-bond donors (Lipinski definition) is 2. The van der Waals surface area contributed by atoms with Crippen molar-refractivity contribution in [1.29, 1.82) is 0 Å². The quantitative estimate of drug-likeness (QED) is 0.814. The number of aliphatic hydroxyl groups is 1. The maximum Gasteiger partial charge on any atom is 0.407 e. The van der Waals surface area contributed by atoms with Gasteiger partial charge in [-0.15, -0.1) is 0 Å². The van der Waals surface area contributed by atoms with E-state index in [0.29, 0.717) is 6.42 Å². The van der Waals surface area contributed by atoms with E-state index >= 15 is 0 Å². The molecule has 0 aliphatic heterocycles. The zero-order valence-corrected chi connectivity index (χ0v) is 14.8. The van der Waals surface area contributed by atoms with E-state index in [4.69, 9.17) is 4.74 Å². The normalized spacial score (nSPS) is 13.5. The second kappa shape index (κ2) is 7.30. The Balaban J connectivity index is 2.67. The van der Waals surface area contributed by atoms with Crippen LogP contribution in [0.15, 0.2) is 24.3 Å². The van der Waals surface area contributed by atoms with Gasteiger partial charge >= 0.3 is 6.09 Å². The van der Waals surface area contributed by atoms with Gasteiger partial charge in [-0.05, 0) is 46.1 Å². The monoisotopic (exact) mass is 327 g/mol. The van der Waals surface area contributed by atoms with Gasteiger partial charge in [0.05, 0.1) is 12.6 Å². The number of rotatable bonds is 5. The van der Waals surface area contributed by atoms with Crippen LogP contribution in [0.2, 0.25) is 0 Å². The van der Waals surface area contributed by atoms with Gasteiger partial charge in [0, 0.05) is 5.30 Å². The predicted molar refractivity (Wildman–Crippen MR) is 89.5 cm³/mol. The van der Waals surface area contributed by atoms with Crippen LogP contribution < -0.4 is 10.6 Å². The van der Waals surface area contributed by atoms with Crippen LogP contribution >= 0.6 is 7.14 Å². The highest BCUT2D eigenvalue weighted by Gasteiger charge is 2.19. The Morgan fingerprint density at radius 2 is 1.82 bits per heavy atom. The maximum absolute atomic E-state index is 12.0. The Labute approximate surface area is 132 Å². The van der Waals surface area contributed by atoms with E-state index in [-0.39, 0.29) is 6.61 Å². The molecule has 6 heteroatoms. The minimum atomic E-state index is -2.26. The first kappa shape index (κ1) is 18.7. The molecule has 1 atom stereocenters. The van der Waals surface area contributed by atoms with Crippen molar-refractivity contribution in [3.05, 3.63) is 29.8 Å². The second-order valence-corrected chi connectivity index (χ2v) is 9.97. The van der Waals surface area contributed by atoms with Gasteiger partial charge in [-0.25, -0.2) is 4.79 Å². The van der Waals surface area contributed by atoms with Crippen molar-refractivity contribution in [3.8, 4) is 0 Å². The van der Waals surface area contributed by atoms with E-state index in [1.807, 2.05) is 24.3 Å². The first-order valence-corrected chi connectivity index (χ1v) is 9.86. The van der Waals surface area contributed by atoms with Gasteiger partial charge in [0.2, 0.25) is 0 Å². The highest BCUT2D eigenvalue weighted by atomic mass is 31.2. The van der Waals surface area contributed by atoms with Crippen molar-refractivity contribution in [1.82, 2.24) is 5.32 Å². The lowest BCUT2D eigenvalue weighted by Gasteiger charge is -2.23. The minimum absolute atomic E-state index is 0.180. The summed E-state index contributed by atoms with van der Waals surface area (Å²) in [7, 11) is -2.26. The number of amides is 1. The zero-order chi connectivity index (χ0) is 17.0. The molecule has 5 nitrogen and oxygen atoms in total. The number of alkyl carbamates (subject to hydrolysis) is 1. The number of aliphatic hydroxyl groups excluding tert-OH is 1. The molecule has 22 heavy (non-hydrogen) atoms. The average molecular weight is 327 g/mol. The van der Waals surface area contributed by atoms with Crippen LogP contribution in [0, 0.1) is 0 Å². The summed E-state index contributed by atoms with van der Waals surface area (Å²) in [5, 5.41) is 12.9. The molecule has 2 N–H and O–H groups in total. The van der Waals surface area contributed by atoms with E-state index in [2.05, 4.69) is 5.32 Å². The number of ether oxygens (including phenoxy) is 1. The molecule has 0 bridgehead atoms. The van der Waals surface area contributed by atoms with Gasteiger partial charge in [0.15, 0.2) is 0 Å². The van der Waals surface area contributed by atoms with E-state index < -0.39 is 24.9 Å². The molecule has 1 aromatic carbocycles. The van der Waals surface area contributed by atoms with E-state index in [0.717, 1.165) is 10.9 Å². The van der Waals surface area contributed by atoms with Crippen molar-refractivity contribution in [2.45, 2.75) is 38.8 Å². The summed E-state index contributed by atoms with van der Waals surface area (Å²) in [4.78, 5) is 11.7. The van der Waals surface area contributed by atoms with E-state index in [1.165, 1.54) is 0 Å². The Bertz CT molecular complexity index is 542. The van der Waals surface area contributed by atoms with Crippen LogP contribution in [-0.4, -0.2) is 42.8 Å². The van der Waals surface area contributed by atoms with Crippen molar-refractivity contribution in [3.63, 3.8) is 0 Å². The zero-order valence-electron chi connectivity index (χ0n) is 13.9. The third kappa shape index (κ3) is 6.63. The summed E-state index contributed by atoms with van der Waals surface area (Å²) < 4.78 is 17.1. The summed E-state index contributed by atoms with van der Waals surface area (Å²) in [5.74, 6) is 0. The molecule has 1 amide bonds. The summed E-state index contributed by atoms with van der Waals surface area (Å²) in [5.41, 5.74) is 0.377. The molecular weight excluding hydrogens is 301 g/mol. The average Bonchev–Trinajstić information content (AvgIpc) is 2.35. The van der Waals surface area contributed by atoms with E-state index in [9.17, 15) is 14.5 Å². The Morgan fingerprint density at radius 3 is 2.23 bits per heavy atom.